The van der Waals surface area contributed by atoms with Crippen LogP contribution in [0.25, 0.3) is 0 Å². The number of carbonyl (C=O) groups excluding carboxylic acids is 1. The molecule has 84 valence electrons. The van der Waals surface area contributed by atoms with Crippen LogP contribution in [-0.4, -0.2) is 13.1 Å². The van der Waals surface area contributed by atoms with Gasteiger partial charge in [0.15, 0.2) is 0 Å². The smallest absolute Gasteiger partial charge is 0.331 e. The fraction of sp³-hybridized carbons (Fsp3) is 0.308. The Morgan fingerprint density at radius 1 is 1.50 bits per heavy atom. The maximum absolute atomic E-state index is 10.9. The molecule has 3 heteroatoms. The van der Waals surface area contributed by atoms with Crippen LogP contribution in [0.15, 0.2) is 36.5 Å². The van der Waals surface area contributed by atoms with E-state index in [1.165, 1.54) is 24.3 Å². The zero-order valence-electron chi connectivity index (χ0n) is 9.27. The van der Waals surface area contributed by atoms with Gasteiger partial charge in [-0.15, -0.1) is 0 Å². The van der Waals surface area contributed by atoms with E-state index in [9.17, 15) is 4.79 Å². The lowest BCUT2D eigenvalue weighted by atomic mass is 10.1. The highest BCUT2D eigenvalue weighted by Gasteiger charge is 2.20. The molecule has 0 spiro atoms. The molecule has 3 nitrogen and oxygen atoms in total. The summed E-state index contributed by atoms with van der Waals surface area (Å²) in [5, 5.41) is 3.22. The van der Waals surface area contributed by atoms with Crippen molar-refractivity contribution < 1.29 is 9.53 Å². The third kappa shape index (κ3) is 2.24. The minimum atomic E-state index is -0.334. The van der Waals surface area contributed by atoms with E-state index in [-0.39, 0.29) is 5.97 Å². The maximum Gasteiger partial charge on any atom is 0.331 e. The minimum Gasteiger partial charge on any atom is -0.466 e. The van der Waals surface area contributed by atoms with E-state index in [0.29, 0.717) is 6.04 Å². The molecule has 1 atom stereocenters. The lowest BCUT2D eigenvalue weighted by molar-refractivity contribution is -0.134. The summed E-state index contributed by atoms with van der Waals surface area (Å²) in [6.45, 7) is 0. The number of esters is 1. The highest BCUT2D eigenvalue weighted by molar-refractivity contribution is 5.81. The summed E-state index contributed by atoms with van der Waals surface area (Å²) < 4.78 is 4.52. The van der Waals surface area contributed by atoms with Crippen LogP contribution >= 0.6 is 0 Å². The fourth-order valence-electron chi connectivity index (χ4n) is 2.03. The molecule has 16 heavy (non-hydrogen) atoms. The van der Waals surface area contributed by atoms with Crippen LogP contribution in [0.2, 0.25) is 0 Å². The van der Waals surface area contributed by atoms with E-state index < -0.39 is 0 Å². The molecule has 0 fully saturated rings. The summed E-state index contributed by atoms with van der Waals surface area (Å²) in [4.78, 5) is 10.9. The largest absolute Gasteiger partial charge is 0.466 e. The normalized spacial score (nSPS) is 18.4. The van der Waals surface area contributed by atoms with Crippen LogP contribution in [0.5, 0.6) is 0 Å². The van der Waals surface area contributed by atoms with Crippen LogP contribution in [0.3, 0.4) is 0 Å². The van der Waals surface area contributed by atoms with E-state index >= 15 is 0 Å². The average Bonchev–Trinajstić information content (AvgIpc) is 2.73. The van der Waals surface area contributed by atoms with Crippen molar-refractivity contribution in [2.75, 3.05) is 7.11 Å². The predicted molar refractivity (Wildman–Crippen MR) is 61.8 cm³/mol. The van der Waals surface area contributed by atoms with Gasteiger partial charge in [-0.05, 0) is 24.0 Å². The van der Waals surface area contributed by atoms with Gasteiger partial charge in [-0.3, -0.25) is 0 Å². The number of nitrogens with one attached hydrogen (secondary N) is 1. The van der Waals surface area contributed by atoms with Crippen molar-refractivity contribution in [3.63, 3.8) is 0 Å². The van der Waals surface area contributed by atoms with Crippen LogP contribution in [-0.2, 0) is 16.0 Å². The SMILES string of the molecule is COC(=O)/C=C/NC1CCc2ccccc21. The number of carbonyl (C=O) groups is 1. The van der Waals surface area contributed by atoms with Gasteiger partial charge in [0.2, 0.25) is 0 Å². The molecule has 1 unspecified atom stereocenters. The Morgan fingerprint density at radius 2 is 2.31 bits per heavy atom. The number of ether oxygens (including phenoxy) is 1. The summed E-state index contributed by atoms with van der Waals surface area (Å²) in [6.07, 6.45) is 5.24. The van der Waals surface area contributed by atoms with Gasteiger partial charge < -0.3 is 10.1 Å². The number of methoxy groups -OCH3 is 1. The number of hydrogen-bond acceptors (Lipinski definition) is 3. The highest BCUT2D eigenvalue weighted by Crippen LogP contribution is 2.30. The van der Waals surface area contributed by atoms with Crippen LogP contribution in [0.1, 0.15) is 23.6 Å². The molecule has 0 amide bonds. The summed E-state index contributed by atoms with van der Waals surface area (Å²) in [5.74, 6) is -0.334. The minimum absolute atomic E-state index is 0.317. The Labute approximate surface area is 95.1 Å². The zero-order valence-corrected chi connectivity index (χ0v) is 9.27. The second-order valence-corrected chi connectivity index (χ2v) is 3.81. The van der Waals surface area contributed by atoms with Crippen molar-refractivity contribution in [2.45, 2.75) is 18.9 Å². The van der Waals surface area contributed by atoms with Crippen LogP contribution in [0.4, 0.5) is 0 Å². The van der Waals surface area contributed by atoms with E-state index in [0.717, 1.165) is 12.8 Å². The molecule has 0 radical (unpaired) electrons. The van der Waals surface area contributed by atoms with Crippen LogP contribution in [0, 0.1) is 0 Å². The first-order valence-electron chi connectivity index (χ1n) is 5.39. The number of fused-ring (bicyclic) bond motifs is 1. The van der Waals surface area contributed by atoms with Crippen molar-refractivity contribution >= 4 is 5.97 Å². The Bertz CT molecular complexity index is 412. The van der Waals surface area contributed by atoms with Gasteiger partial charge in [-0.1, -0.05) is 24.3 Å². The molecule has 1 aromatic carbocycles. The average molecular weight is 217 g/mol. The van der Waals surface area contributed by atoms with Crippen LogP contribution < -0.4 is 5.32 Å². The zero-order chi connectivity index (χ0) is 11.4. The van der Waals surface area contributed by atoms with Gasteiger partial charge in [0.05, 0.1) is 13.2 Å². The van der Waals surface area contributed by atoms with E-state index in [1.807, 2.05) is 6.07 Å². The second-order valence-electron chi connectivity index (χ2n) is 3.81. The van der Waals surface area contributed by atoms with Crippen molar-refractivity contribution in [2.24, 2.45) is 0 Å². The van der Waals surface area contributed by atoms with Crippen molar-refractivity contribution in [3.8, 4) is 0 Å². The first-order chi connectivity index (χ1) is 7.81. The predicted octanol–water partition coefficient (Wildman–Crippen LogP) is 1.95. The van der Waals surface area contributed by atoms with Crippen molar-refractivity contribution in [1.29, 1.82) is 0 Å². The lowest BCUT2D eigenvalue weighted by Gasteiger charge is -2.11. The molecular formula is C13H15NO2. The van der Waals surface area contributed by atoms with Crippen molar-refractivity contribution in [3.05, 3.63) is 47.7 Å². The summed E-state index contributed by atoms with van der Waals surface area (Å²) in [5.41, 5.74) is 2.73. The highest BCUT2D eigenvalue weighted by atomic mass is 16.5. The Kier molecular flexibility index (Phi) is 3.25. The monoisotopic (exact) mass is 217 g/mol. The molecular weight excluding hydrogens is 202 g/mol. The van der Waals surface area contributed by atoms with E-state index in [1.54, 1.807) is 6.20 Å². The lowest BCUT2D eigenvalue weighted by Crippen LogP contribution is -2.12. The molecule has 1 aromatic rings. The molecule has 0 saturated heterocycles. The summed E-state index contributed by atoms with van der Waals surface area (Å²) >= 11 is 0. The summed E-state index contributed by atoms with van der Waals surface area (Å²) in [6, 6.07) is 8.71. The Balaban J connectivity index is 1.98. The summed E-state index contributed by atoms with van der Waals surface area (Å²) in [7, 11) is 1.37. The van der Waals surface area contributed by atoms with Gasteiger partial charge in [-0.2, -0.15) is 0 Å². The molecule has 0 bridgehead atoms. The van der Waals surface area contributed by atoms with E-state index in [4.69, 9.17) is 0 Å². The standard InChI is InChI=1S/C13H15NO2/c1-16-13(15)8-9-14-12-7-6-10-4-2-3-5-11(10)12/h2-5,8-9,12,14H,6-7H2,1H3/b9-8+. The van der Waals surface area contributed by atoms with Crippen molar-refractivity contribution in [1.82, 2.24) is 5.32 Å². The Morgan fingerprint density at radius 3 is 3.12 bits per heavy atom. The first-order valence-corrected chi connectivity index (χ1v) is 5.39. The van der Waals surface area contributed by atoms with E-state index in [2.05, 4.69) is 28.3 Å². The number of hydrogen-bond donors (Lipinski definition) is 1. The third-order valence-electron chi connectivity index (χ3n) is 2.85. The third-order valence-corrected chi connectivity index (χ3v) is 2.85. The molecule has 0 saturated carbocycles. The van der Waals surface area contributed by atoms with Gasteiger partial charge in [-0.25, -0.2) is 4.79 Å². The Hall–Kier alpha value is -1.77. The molecule has 2 rings (SSSR count). The molecule has 1 aliphatic carbocycles. The molecule has 0 heterocycles. The van der Waals surface area contributed by atoms with Gasteiger partial charge in [0, 0.05) is 12.3 Å². The number of benzene rings is 1. The van der Waals surface area contributed by atoms with Gasteiger partial charge in [0.25, 0.3) is 0 Å². The topological polar surface area (TPSA) is 38.3 Å². The fourth-order valence-corrected chi connectivity index (χ4v) is 2.03. The quantitative estimate of drug-likeness (QED) is 0.621. The van der Waals surface area contributed by atoms with Gasteiger partial charge in [0.1, 0.15) is 0 Å². The first kappa shape index (κ1) is 10.7. The van der Waals surface area contributed by atoms with Gasteiger partial charge >= 0.3 is 5.97 Å². The number of aryl methyl sites for hydroxylation is 1. The molecule has 0 aromatic heterocycles. The molecule has 1 N–H and O–H groups in total. The number of rotatable bonds is 3. The maximum atomic E-state index is 10.9. The molecule has 0 aliphatic heterocycles. The second kappa shape index (κ2) is 4.84. The molecule has 1 aliphatic rings.